The fraction of sp³-hybridized carbons (Fsp3) is 0.143. The van der Waals surface area contributed by atoms with Crippen molar-refractivity contribution in [2.45, 2.75) is 37.6 Å². The largest absolute Gasteiger partial charge is 0.461 e. The molecule has 0 aliphatic heterocycles. The predicted molar refractivity (Wildman–Crippen MR) is 161 cm³/mol. The zero-order chi connectivity index (χ0) is 28.0. The number of aryl methyl sites for hydroxylation is 3. The summed E-state index contributed by atoms with van der Waals surface area (Å²) in [5.41, 5.74) is 7.29. The monoisotopic (exact) mass is 545 g/mol. The van der Waals surface area contributed by atoms with E-state index in [0.717, 1.165) is 44.7 Å². The molecule has 0 saturated heterocycles. The molecule has 40 heavy (non-hydrogen) atoms. The first-order chi connectivity index (χ1) is 19.3. The van der Waals surface area contributed by atoms with E-state index in [-0.39, 0.29) is 10.8 Å². The summed E-state index contributed by atoms with van der Waals surface area (Å²) in [6, 6.07) is 33.9. The Kier molecular flexibility index (Phi) is 6.47. The van der Waals surface area contributed by atoms with Crippen molar-refractivity contribution in [3.05, 3.63) is 155 Å². The highest BCUT2D eigenvalue weighted by molar-refractivity contribution is 7.92. The van der Waals surface area contributed by atoms with Crippen LogP contribution in [-0.4, -0.2) is 8.42 Å². The molecule has 0 bridgehead atoms. The Morgan fingerprint density at radius 2 is 1.25 bits per heavy atom. The Bertz CT molecular complexity index is 1790. The van der Waals surface area contributed by atoms with Gasteiger partial charge in [-0.1, -0.05) is 103 Å². The lowest BCUT2D eigenvalue weighted by molar-refractivity contribution is 0.535. The summed E-state index contributed by atoms with van der Waals surface area (Å²) in [5, 5.41) is 0. The third kappa shape index (κ3) is 4.27. The molecule has 5 aromatic rings. The van der Waals surface area contributed by atoms with E-state index in [1.807, 2.05) is 106 Å². The van der Waals surface area contributed by atoms with Crippen LogP contribution in [0, 0.1) is 20.8 Å². The van der Waals surface area contributed by atoms with Crippen molar-refractivity contribution >= 4 is 15.7 Å². The van der Waals surface area contributed by atoms with Gasteiger partial charge in [-0.3, -0.25) is 4.31 Å². The van der Waals surface area contributed by atoms with Crippen LogP contribution in [0.2, 0.25) is 0 Å². The second-order valence-electron chi connectivity index (χ2n) is 10.5. The topological polar surface area (TPSA) is 50.5 Å². The first-order valence-electron chi connectivity index (χ1n) is 13.4. The van der Waals surface area contributed by atoms with Gasteiger partial charge in [-0.05, 0) is 56.2 Å². The van der Waals surface area contributed by atoms with Crippen molar-refractivity contribution < 1.29 is 12.8 Å². The SMILES string of the molecule is C=C1[C@H](c2ccccc2)c2c(C)oc(-c3ccc(C)cc3)c2[C@H]1N(c1ccccc1)S(=O)(=O)c1ccc(C)cc1. The molecule has 0 amide bonds. The first kappa shape index (κ1) is 25.9. The molecule has 0 N–H and O–H groups in total. The molecule has 4 nitrogen and oxygen atoms in total. The van der Waals surface area contributed by atoms with Crippen LogP contribution in [0.4, 0.5) is 5.69 Å². The third-order valence-electron chi connectivity index (χ3n) is 7.72. The third-order valence-corrected chi connectivity index (χ3v) is 9.53. The van der Waals surface area contributed by atoms with Gasteiger partial charge in [0.05, 0.1) is 16.6 Å². The zero-order valence-electron chi connectivity index (χ0n) is 22.8. The molecule has 0 fully saturated rings. The molecule has 4 aromatic carbocycles. The zero-order valence-corrected chi connectivity index (χ0v) is 23.7. The van der Waals surface area contributed by atoms with Crippen molar-refractivity contribution in [3.63, 3.8) is 0 Å². The van der Waals surface area contributed by atoms with Crippen LogP contribution in [0.1, 0.15) is 45.5 Å². The van der Waals surface area contributed by atoms with E-state index in [1.165, 1.54) is 4.31 Å². The van der Waals surface area contributed by atoms with Crippen LogP contribution in [0.3, 0.4) is 0 Å². The van der Waals surface area contributed by atoms with Gasteiger partial charge in [0.15, 0.2) is 0 Å². The van der Waals surface area contributed by atoms with Gasteiger partial charge in [0.1, 0.15) is 11.5 Å². The lowest BCUT2D eigenvalue weighted by atomic mass is 9.90. The molecule has 5 heteroatoms. The van der Waals surface area contributed by atoms with Gasteiger partial charge in [-0.25, -0.2) is 8.42 Å². The summed E-state index contributed by atoms with van der Waals surface area (Å²) < 4.78 is 37.2. The molecule has 0 radical (unpaired) electrons. The van der Waals surface area contributed by atoms with Gasteiger partial charge in [0.2, 0.25) is 0 Å². The number of hydrogen-bond donors (Lipinski definition) is 0. The normalized spacial score (nSPS) is 16.6. The van der Waals surface area contributed by atoms with Crippen molar-refractivity contribution in [1.82, 2.24) is 0 Å². The molecule has 1 aromatic heterocycles. The highest BCUT2D eigenvalue weighted by Gasteiger charge is 2.48. The van der Waals surface area contributed by atoms with Crippen molar-refractivity contribution in [2.24, 2.45) is 0 Å². The summed E-state index contributed by atoms with van der Waals surface area (Å²) in [7, 11) is -4.00. The van der Waals surface area contributed by atoms with Crippen LogP contribution in [-0.2, 0) is 10.0 Å². The van der Waals surface area contributed by atoms with E-state index < -0.39 is 16.1 Å². The number of anilines is 1. The number of hydrogen-bond acceptors (Lipinski definition) is 3. The van der Waals surface area contributed by atoms with Crippen LogP contribution in [0.5, 0.6) is 0 Å². The van der Waals surface area contributed by atoms with E-state index in [2.05, 4.69) is 18.7 Å². The van der Waals surface area contributed by atoms with Gasteiger partial charge in [-0.15, -0.1) is 0 Å². The molecule has 0 unspecified atom stereocenters. The number of furan rings is 1. The Labute approximate surface area is 236 Å². The minimum absolute atomic E-state index is 0.219. The van der Waals surface area contributed by atoms with Crippen molar-refractivity contribution in [3.8, 4) is 11.3 Å². The van der Waals surface area contributed by atoms with Gasteiger partial charge in [0, 0.05) is 22.6 Å². The number of benzene rings is 4. The lowest BCUT2D eigenvalue weighted by Gasteiger charge is -2.32. The molecule has 6 rings (SSSR count). The first-order valence-corrected chi connectivity index (χ1v) is 14.8. The number of fused-ring (bicyclic) bond motifs is 1. The molecule has 2 atom stereocenters. The van der Waals surface area contributed by atoms with Gasteiger partial charge < -0.3 is 4.42 Å². The molecular formula is C35H31NO3S. The highest BCUT2D eigenvalue weighted by atomic mass is 32.2. The second-order valence-corrected chi connectivity index (χ2v) is 12.3. The Morgan fingerprint density at radius 3 is 1.85 bits per heavy atom. The molecule has 1 heterocycles. The Hall–Kier alpha value is -4.35. The lowest BCUT2D eigenvalue weighted by Crippen LogP contribution is -2.35. The quantitative estimate of drug-likeness (QED) is 0.201. The summed E-state index contributed by atoms with van der Waals surface area (Å²) in [5.74, 6) is 1.23. The van der Waals surface area contributed by atoms with Crippen LogP contribution >= 0.6 is 0 Å². The van der Waals surface area contributed by atoms with Gasteiger partial charge in [0.25, 0.3) is 10.0 Å². The number of rotatable bonds is 6. The summed E-state index contributed by atoms with van der Waals surface area (Å²) >= 11 is 0. The smallest absolute Gasteiger partial charge is 0.265 e. The Morgan fingerprint density at radius 1 is 0.700 bits per heavy atom. The molecule has 1 aliphatic carbocycles. The van der Waals surface area contributed by atoms with E-state index in [9.17, 15) is 8.42 Å². The maximum Gasteiger partial charge on any atom is 0.265 e. The van der Waals surface area contributed by atoms with E-state index >= 15 is 0 Å². The van der Waals surface area contributed by atoms with Crippen LogP contribution in [0.25, 0.3) is 11.3 Å². The number of sulfonamides is 1. The molecular weight excluding hydrogens is 514 g/mol. The fourth-order valence-electron chi connectivity index (χ4n) is 5.77. The number of para-hydroxylation sites is 1. The van der Waals surface area contributed by atoms with Gasteiger partial charge >= 0.3 is 0 Å². The molecule has 200 valence electrons. The van der Waals surface area contributed by atoms with E-state index in [0.29, 0.717) is 11.4 Å². The van der Waals surface area contributed by atoms with Crippen LogP contribution in [0.15, 0.2) is 131 Å². The van der Waals surface area contributed by atoms with Crippen LogP contribution < -0.4 is 4.31 Å². The predicted octanol–water partition coefficient (Wildman–Crippen LogP) is 8.51. The summed E-state index contributed by atoms with van der Waals surface area (Å²) in [6.07, 6.45) is 0. The number of nitrogens with zero attached hydrogens (tertiary/aromatic N) is 1. The fourth-order valence-corrected chi connectivity index (χ4v) is 7.40. The van der Waals surface area contributed by atoms with Gasteiger partial charge in [-0.2, -0.15) is 0 Å². The van der Waals surface area contributed by atoms with E-state index in [4.69, 9.17) is 4.42 Å². The summed E-state index contributed by atoms with van der Waals surface area (Å²) in [4.78, 5) is 0.233. The maximum absolute atomic E-state index is 14.6. The average molecular weight is 546 g/mol. The van der Waals surface area contributed by atoms with Crippen molar-refractivity contribution in [1.29, 1.82) is 0 Å². The maximum atomic E-state index is 14.6. The summed E-state index contributed by atoms with van der Waals surface area (Å²) in [6.45, 7) is 10.5. The minimum atomic E-state index is -4.00. The highest BCUT2D eigenvalue weighted by Crippen LogP contribution is 2.57. The van der Waals surface area contributed by atoms with Crippen molar-refractivity contribution in [2.75, 3.05) is 4.31 Å². The standard InChI is InChI=1S/C35H31NO3S/c1-23-15-19-28(20-16-23)35-33-32(26(4)39-35)31(27-11-7-5-8-12-27)25(3)34(33)36(29-13-9-6-10-14-29)40(37,38)30-21-17-24(2)18-22-30/h5-22,31,34H,3H2,1-2,4H3/t31-,34+/m1/s1. The van der Waals surface area contributed by atoms with E-state index in [1.54, 1.807) is 12.1 Å². The average Bonchev–Trinajstić information content (AvgIpc) is 3.44. The minimum Gasteiger partial charge on any atom is -0.461 e. The second kappa shape index (κ2) is 10.00. The molecule has 0 spiro atoms. The molecule has 1 aliphatic rings. The molecule has 0 saturated carbocycles. The Balaban J connectivity index is 1.64.